The monoisotopic (exact) mass is 603 g/mol. The van der Waals surface area contributed by atoms with Crippen LogP contribution in [0.1, 0.15) is 48.2 Å². The van der Waals surface area contributed by atoms with E-state index in [9.17, 15) is 4.79 Å². The van der Waals surface area contributed by atoms with Gasteiger partial charge in [0.2, 0.25) is 0 Å². The Labute approximate surface area is 264 Å². The fourth-order valence-electron chi connectivity index (χ4n) is 6.99. The van der Waals surface area contributed by atoms with Gasteiger partial charge >= 0.3 is 0 Å². The highest BCUT2D eigenvalue weighted by Gasteiger charge is 2.25. The molecule has 0 bridgehead atoms. The lowest BCUT2D eigenvalue weighted by atomic mass is 9.99. The topological polar surface area (TPSA) is 82.7 Å². The Kier molecular flexibility index (Phi) is 8.41. The maximum Gasteiger partial charge on any atom is 0.274 e. The van der Waals surface area contributed by atoms with Crippen molar-refractivity contribution in [3.8, 4) is 22.8 Å². The van der Waals surface area contributed by atoms with Crippen LogP contribution in [-0.2, 0) is 6.54 Å². The summed E-state index contributed by atoms with van der Waals surface area (Å²) in [5, 5.41) is 5.04. The number of anilines is 1. The molecule has 3 aromatic carbocycles. The molecule has 7 rings (SSSR count). The van der Waals surface area contributed by atoms with Gasteiger partial charge in [0.25, 0.3) is 5.91 Å². The number of hydrogen-bond donors (Lipinski definition) is 2. The van der Waals surface area contributed by atoms with Crippen LogP contribution >= 0.6 is 0 Å². The lowest BCUT2D eigenvalue weighted by Gasteiger charge is -2.40. The van der Waals surface area contributed by atoms with Crippen LogP contribution in [0.15, 0.2) is 72.8 Å². The average molecular weight is 604 g/mol. The standard InChI is InChI=1S/C37H41N5O3/c1-44-29-20-26(21-30(22-29)45-2)35-36-32(31-8-4-5-9-33(31)39-36)23-34(40-35)37(43)38-27-12-10-25(11-13-27)24-41-18-14-28(15-19-41)42-16-6-3-7-17-42/h4-5,8-13,20-23,28,39H,3,6-7,14-19,24H2,1-2H3,(H,38,43). The van der Waals surface area contributed by atoms with Crippen molar-refractivity contribution >= 4 is 33.4 Å². The molecule has 232 valence electrons. The molecule has 1 amide bonds. The van der Waals surface area contributed by atoms with Gasteiger partial charge in [-0.15, -0.1) is 0 Å². The van der Waals surface area contributed by atoms with E-state index in [1.165, 1.54) is 50.8 Å². The van der Waals surface area contributed by atoms with Gasteiger partial charge in [0.1, 0.15) is 17.2 Å². The molecule has 45 heavy (non-hydrogen) atoms. The SMILES string of the molecule is COc1cc(OC)cc(-c2nc(C(=O)Nc3ccc(CN4CCC(N5CCCCC5)CC4)cc3)cc3c2[nH]c2ccccc23)c1. The molecule has 2 aliphatic rings. The number of pyridine rings is 1. The van der Waals surface area contributed by atoms with E-state index in [2.05, 4.69) is 38.3 Å². The van der Waals surface area contributed by atoms with Crippen LogP contribution in [0.2, 0.25) is 0 Å². The predicted molar refractivity (Wildman–Crippen MR) is 180 cm³/mol. The number of piperidine rings is 2. The first-order valence-electron chi connectivity index (χ1n) is 16.1. The Balaban J connectivity index is 1.09. The second kappa shape index (κ2) is 12.9. The fourth-order valence-corrected chi connectivity index (χ4v) is 6.99. The number of nitrogens with zero attached hydrogens (tertiary/aromatic N) is 3. The number of methoxy groups -OCH3 is 2. The van der Waals surface area contributed by atoms with E-state index in [1.807, 2.05) is 54.6 Å². The molecule has 0 radical (unpaired) electrons. The van der Waals surface area contributed by atoms with Gasteiger partial charge < -0.3 is 24.7 Å². The second-order valence-electron chi connectivity index (χ2n) is 12.3. The number of amides is 1. The quantitative estimate of drug-likeness (QED) is 0.197. The number of benzene rings is 3. The highest BCUT2D eigenvalue weighted by Crippen LogP contribution is 2.36. The Morgan fingerprint density at radius 2 is 1.58 bits per heavy atom. The molecule has 0 saturated carbocycles. The molecule has 2 fully saturated rings. The molecule has 2 saturated heterocycles. The van der Waals surface area contributed by atoms with Gasteiger partial charge in [-0.25, -0.2) is 4.98 Å². The normalized spacial score (nSPS) is 16.7. The minimum atomic E-state index is -0.258. The highest BCUT2D eigenvalue weighted by atomic mass is 16.5. The van der Waals surface area contributed by atoms with E-state index in [4.69, 9.17) is 14.5 Å². The maximum atomic E-state index is 13.7. The number of rotatable bonds is 8. The minimum Gasteiger partial charge on any atom is -0.497 e. The Morgan fingerprint density at radius 1 is 0.867 bits per heavy atom. The van der Waals surface area contributed by atoms with Crippen molar-refractivity contribution in [1.29, 1.82) is 0 Å². The van der Waals surface area contributed by atoms with Crippen LogP contribution in [0, 0.1) is 0 Å². The van der Waals surface area contributed by atoms with Gasteiger partial charge in [0, 0.05) is 46.2 Å². The van der Waals surface area contributed by atoms with Gasteiger partial charge in [-0.05, 0) is 93.8 Å². The molecule has 0 spiro atoms. The average Bonchev–Trinajstić information content (AvgIpc) is 3.48. The van der Waals surface area contributed by atoms with Crippen molar-refractivity contribution in [1.82, 2.24) is 19.8 Å². The number of hydrogen-bond acceptors (Lipinski definition) is 6. The molecule has 2 aromatic heterocycles. The second-order valence-corrected chi connectivity index (χ2v) is 12.3. The summed E-state index contributed by atoms with van der Waals surface area (Å²) in [5.41, 5.74) is 5.63. The minimum absolute atomic E-state index is 0.258. The van der Waals surface area contributed by atoms with Crippen LogP contribution in [0.5, 0.6) is 11.5 Å². The molecule has 8 heteroatoms. The van der Waals surface area contributed by atoms with Gasteiger partial charge in [-0.1, -0.05) is 36.8 Å². The van der Waals surface area contributed by atoms with Crippen molar-refractivity contribution in [2.45, 2.75) is 44.7 Å². The van der Waals surface area contributed by atoms with Crippen LogP contribution < -0.4 is 14.8 Å². The van der Waals surface area contributed by atoms with Crippen LogP contribution in [-0.4, -0.2) is 72.1 Å². The van der Waals surface area contributed by atoms with Gasteiger partial charge in [-0.2, -0.15) is 0 Å². The number of H-pyrrole nitrogens is 1. The van der Waals surface area contributed by atoms with Gasteiger partial charge in [-0.3, -0.25) is 9.69 Å². The van der Waals surface area contributed by atoms with Crippen molar-refractivity contribution in [2.75, 3.05) is 45.7 Å². The zero-order valence-corrected chi connectivity index (χ0v) is 26.1. The summed E-state index contributed by atoms with van der Waals surface area (Å²) in [6, 6.07) is 24.6. The Bertz CT molecular complexity index is 1780. The van der Waals surface area contributed by atoms with Crippen LogP contribution in [0.3, 0.4) is 0 Å². The summed E-state index contributed by atoms with van der Waals surface area (Å²) in [6.45, 7) is 5.78. The summed E-state index contributed by atoms with van der Waals surface area (Å²) in [6.07, 6.45) is 6.62. The summed E-state index contributed by atoms with van der Waals surface area (Å²) < 4.78 is 11.1. The van der Waals surface area contributed by atoms with E-state index in [-0.39, 0.29) is 5.91 Å². The molecule has 5 aromatic rings. The largest absolute Gasteiger partial charge is 0.497 e. The van der Waals surface area contributed by atoms with E-state index in [1.54, 1.807) is 14.2 Å². The van der Waals surface area contributed by atoms with Gasteiger partial charge in [0.05, 0.1) is 25.4 Å². The summed E-state index contributed by atoms with van der Waals surface area (Å²) in [7, 11) is 3.25. The zero-order valence-electron chi connectivity index (χ0n) is 26.1. The van der Waals surface area contributed by atoms with Crippen molar-refractivity contribution < 1.29 is 14.3 Å². The summed E-state index contributed by atoms with van der Waals surface area (Å²) in [4.78, 5) is 27.3. The summed E-state index contributed by atoms with van der Waals surface area (Å²) in [5.74, 6) is 1.04. The number of aromatic nitrogens is 2. The summed E-state index contributed by atoms with van der Waals surface area (Å²) >= 11 is 0. The van der Waals surface area contributed by atoms with Crippen molar-refractivity contribution in [2.24, 2.45) is 0 Å². The molecular formula is C37H41N5O3. The molecule has 0 unspecified atom stereocenters. The third-order valence-electron chi connectivity index (χ3n) is 9.44. The first-order valence-corrected chi connectivity index (χ1v) is 16.1. The lowest BCUT2D eigenvalue weighted by Crippen LogP contribution is -2.46. The molecule has 2 N–H and O–H groups in total. The number of para-hydroxylation sites is 1. The molecule has 2 aliphatic heterocycles. The smallest absolute Gasteiger partial charge is 0.274 e. The highest BCUT2D eigenvalue weighted by molar-refractivity contribution is 6.14. The number of carbonyl (C=O) groups excluding carboxylic acids is 1. The molecular weight excluding hydrogens is 562 g/mol. The Morgan fingerprint density at radius 3 is 2.29 bits per heavy atom. The van der Waals surface area contributed by atoms with E-state index >= 15 is 0 Å². The number of carbonyl (C=O) groups is 1. The Hall–Kier alpha value is -4.40. The van der Waals surface area contributed by atoms with Gasteiger partial charge in [0.15, 0.2) is 0 Å². The van der Waals surface area contributed by atoms with E-state index < -0.39 is 0 Å². The molecule has 8 nitrogen and oxygen atoms in total. The molecule has 4 heterocycles. The predicted octanol–water partition coefficient (Wildman–Crippen LogP) is 7.10. The first kappa shape index (κ1) is 29.3. The fraction of sp³-hybridized carbons (Fsp3) is 0.351. The van der Waals surface area contributed by atoms with Crippen LogP contribution in [0.25, 0.3) is 33.1 Å². The zero-order chi connectivity index (χ0) is 30.8. The lowest BCUT2D eigenvalue weighted by molar-refractivity contribution is 0.0896. The number of likely N-dealkylation sites (tertiary alicyclic amines) is 2. The molecule has 0 atom stereocenters. The number of aromatic amines is 1. The number of nitrogens with one attached hydrogen (secondary N) is 2. The van der Waals surface area contributed by atoms with Crippen molar-refractivity contribution in [3.05, 3.63) is 84.1 Å². The van der Waals surface area contributed by atoms with Crippen molar-refractivity contribution in [3.63, 3.8) is 0 Å². The van der Waals surface area contributed by atoms with Crippen LogP contribution in [0.4, 0.5) is 5.69 Å². The molecule has 0 aliphatic carbocycles. The number of ether oxygens (including phenoxy) is 2. The third-order valence-corrected chi connectivity index (χ3v) is 9.44. The maximum absolute atomic E-state index is 13.7. The van der Waals surface area contributed by atoms with E-state index in [0.29, 0.717) is 22.9 Å². The number of fused-ring (bicyclic) bond motifs is 3. The van der Waals surface area contributed by atoms with E-state index in [0.717, 1.165) is 58.7 Å². The third kappa shape index (κ3) is 6.26. The first-order chi connectivity index (χ1) is 22.1.